The number of halogens is 1. The van der Waals surface area contributed by atoms with Crippen LogP contribution in [-0.4, -0.2) is 15.3 Å². The zero-order chi connectivity index (χ0) is 13.5. The highest BCUT2D eigenvalue weighted by molar-refractivity contribution is 6.35. The van der Waals surface area contributed by atoms with E-state index in [1.807, 2.05) is 26.0 Å². The molecule has 0 spiro atoms. The van der Waals surface area contributed by atoms with Crippen molar-refractivity contribution in [1.82, 2.24) is 4.57 Å². The highest BCUT2D eigenvalue weighted by atomic mass is 35.5. The van der Waals surface area contributed by atoms with Crippen LogP contribution < -0.4 is 0 Å². The average molecular weight is 266 g/mol. The number of benzene rings is 1. The number of hydrogen-bond donors (Lipinski definition) is 1. The molecule has 0 fully saturated rings. The fraction of sp³-hybridized carbons (Fsp3) is 0.467. The van der Waals surface area contributed by atoms with Crippen molar-refractivity contribution in [2.24, 2.45) is 0 Å². The summed E-state index contributed by atoms with van der Waals surface area (Å²) in [6.07, 6.45) is 2.71. The molecule has 0 saturated carbocycles. The first-order valence-electron chi connectivity index (χ1n) is 6.30. The third-order valence-corrected chi connectivity index (χ3v) is 3.38. The van der Waals surface area contributed by atoms with Gasteiger partial charge >= 0.3 is 0 Å². The molecule has 0 aliphatic heterocycles. The highest BCUT2D eigenvalue weighted by Crippen LogP contribution is 2.32. The molecule has 3 heteroatoms. The summed E-state index contributed by atoms with van der Waals surface area (Å²) in [6.45, 7) is 7.94. The van der Waals surface area contributed by atoms with Gasteiger partial charge in [0, 0.05) is 24.0 Å². The van der Waals surface area contributed by atoms with Gasteiger partial charge in [0.15, 0.2) is 0 Å². The summed E-state index contributed by atoms with van der Waals surface area (Å²) in [5, 5.41) is 11.8. The SMILES string of the molecule is CC(C)n1cc(CC(C)(C)O)c2c(Cl)cccc21. The summed E-state index contributed by atoms with van der Waals surface area (Å²) >= 11 is 6.31. The second-order valence-electron chi connectivity index (χ2n) is 5.78. The van der Waals surface area contributed by atoms with E-state index in [0.717, 1.165) is 21.5 Å². The molecule has 0 saturated heterocycles. The number of nitrogens with zero attached hydrogens (tertiary/aromatic N) is 1. The second kappa shape index (κ2) is 4.60. The molecule has 1 N–H and O–H groups in total. The topological polar surface area (TPSA) is 25.2 Å². The zero-order valence-corrected chi connectivity index (χ0v) is 12.1. The second-order valence-corrected chi connectivity index (χ2v) is 6.19. The van der Waals surface area contributed by atoms with Gasteiger partial charge in [0.05, 0.1) is 16.1 Å². The van der Waals surface area contributed by atoms with Crippen LogP contribution in [0.1, 0.15) is 39.3 Å². The third-order valence-electron chi connectivity index (χ3n) is 3.07. The molecule has 2 rings (SSSR count). The molecule has 1 aromatic carbocycles. The van der Waals surface area contributed by atoms with E-state index in [0.29, 0.717) is 12.5 Å². The molecule has 0 aliphatic rings. The van der Waals surface area contributed by atoms with Crippen LogP contribution in [0.25, 0.3) is 10.9 Å². The summed E-state index contributed by atoms with van der Waals surface area (Å²) in [5.74, 6) is 0. The number of hydrogen-bond acceptors (Lipinski definition) is 1. The number of rotatable bonds is 3. The summed E-state index contributed by atoms with van der Waals surface area (Å²) in [5.41, 5.74) is 1.52. The van der Waals surface area contributed by atoms with Crippen molar-refractivity contribution in [3.05, 3.63) is 35.0 Å². The molecule has 0 atom stereocenters. The normalized spacial score (nSPS) is 12.6. The van der Waals surface area contributed by atoms with Crippen LogP contribution in [-0.2, 0) is 6.42 Å². The Morgan fingerprint density at radius 3 is 2.56 bits per heavy atom. The van der Waals surface area contributed by atoms with Crippen LogP contribution in [0.3, 0.4) is 0 Å². The predicted molar refractivity (Wildman–Crippen MR) is 77.3 cm³/mol. The van der Waals surface area contributed by atoms with Crippen LogP contribution >= 0.6 is 11.6 Å². The van der Waals surface area contributed by atoms with Gasteiger partial charge in [-0.05, 0) is 45.4 Å². The van der Waals surface area contributed by atoms with Gasteiger partial charge in [-0.15, -0.1) is 0 Å². The summed E-state index contributed by atoms with van der Waals surface area (Å²) in [4.78, 5) is 0. The molecular weight excluding hydrogens is 246 g/mol. The Balaban J connectivity index is 2.66. The lowest BCUT2D eigenvalue weighted by molar-refractivity contribution is 0.0813. The van der Waals surface area contributed by atoms with Gasteiger partial charge in [-0.1, -0.05) is 17.7 Å². The van der Waals surface area contributed by atoms with Crippen LogP contribution in [0, 0.1) is 0 Å². The van der Waals surface area contributed by atoms with E-state index in [-0.39, 0.29) is 0 Å². The molecule has 0 aliphatic carbocycles. The van der Waals surface area contributed by atoms with Gasteiger partial charge in [0.25, 0.3) is 0 Å². The molecule has 0 radical (unpaired) electrons. The monoisotopic (exact) mass is 265 g/mol. The van der Waals surface area contributed by atoms with Crippen LogP contribution in [0.4, 0.5) is 0 Å². The first-order chi connectivity index (χ1) is 8.29. The average Bonchev–Trinajstić information content (AvgIpc) is 2.56. The van der Waals surface area contributed by atoms with Crippen molar-refractivity contribution < 1.29 is 5.11 Å². The van der Waals surface area contributed by atoms with Crippen molar-refractivity contribution in [1.29, 1.82) is 0 Å². The molecule has 2 nitrogen and oxygen atoms in total. The molecule has 0 amide bonds. The summed E-state index contributed by atoms with van der Waals surface area (Å²) in [7, 11) is 0. The molecule has 2 aromatic rings. The molecule has 18 heavy (non-hydrogen) atoms. The van der Waals surface area contributed by atoms with Crippen molar-refractivity contribution in [3.63, 3.8) is 0 Å². The van der Waals surface area contributed by atoms with E-state index in [1.54, 1.807) is 0 Å². The zero-order valence-electron chi connectivity index (χ0n) is 11.4. The van der Waals surface area contributed by atoms with E-state index in [4.69, 9.17) is 11.6 Å². The van der Waals surface area contributed by atoms with Gasteiger partial charge in [0.2, 0.25) is 0 Å². The lowest BCUT2D eigenvalue weighted by Crippen LogP contribution is -2.21. The maximum atomic E-state index is 10.0. The fourth-order valence-electron chi connectivity index (χ4n) is 2.38. The van der Waals surface area contributed by atoms with Crippen molar-refractivity contribution in [2.45, 2.75) is 45.8 Å². The third kappa shape index (κ3) is 2.55. The molecule has 98 valence electrons. The van der Waals surface area contributed by atoms with Gasteiger partial charge in [-0.2, -0.15) is 0 Å². The maximum absolute atomic E-state index is 10.0. The molecule has 1 heterocycles. The lowest BCUT2D eigenvalue weighted by Gasteiger charge is -2.16. The Morgan fingerprint density at radius 1 is 1.33 bits per heavy atom. The Labute approximate surface area is 113 Å². The first-order valence-corrected chi connectivity index (χ1v) is 6.68. The van der Waals surface area contributed by atoms with Gasteiger partial charge in [0.1, 0.15) is 0 Å². The number of aliphatic hydroxyl groups is 1. The van der Waals surface area contributed by atoms with E-state index < -0.39 is 5.60 Å². The Kier molecular flexibility index (Phi) is 3.43. The van der Waals surface area contributed by atoms with Crippen LogP contribution in [0.5, 0.6) is 0 Å². The largest absolute Gasteiger partial charge is 0.390 e. The molecule has 1 aromatic heterocycles. The predicted octanol–water partition coefficient (Wildman–Crippen LogP) is 4.19. The smallest absolute Gasteiger partial charge is 0.0632 e. The van der Waals surface area contributed by atoms with Crippen LogP contribution in [0.15, 0.2) is 24.4 Å². The quantitative estimate of drug-likeness (QED) is 0.885. The minimum atomic E-state index is -0.727. The van der Waals surface area contributed by atoms with E-state index >= 15 is 0 Å². The summed E-state index contributed by atoms with van der Waals surface area (Å²) in [6, 6.07) is 6.33. The van der Waals surface area contributed by atoms with Crippen molar-refractivity contribution >= 4 is 22.5 Å². The minimum Gasteiger partial charge on any atom is -0.390 e. The van der Waals surface area contributed by atoms with Crippen LogP contribution in [0.2, 0.25) is 5.02 Å². The standard InChI is InChI=1S/C15H20ClNO/c1-10(2)17-9-11(8-15(3,4)18)14-12(16)6-5-7-13(14)17/h5-7,9-10,18H,8H2,1-4H3. The first kappa shape index (κ1) is 13.4. The number of fused-ring (bicyclic) bond motifs is 1. The molecule has 0 unspecified atom stereocenters. The van der Waals surface area contributed by atoms with E-state index in [2.05, 4.69) is 30.7 Å². The van der Waals surface area contributed by atoms with Crippen molar-refractivity contribution in [2.75, 3.05) is 0 Å². The van der Waals surface area contributed by atoms with E-state index in [1.165, 1.54) is 0 Å². The van der Waals surface area contributed by atoms with Gasteiger partial charge in [-0.3, -0.25) is 0 Å². The lowest BCUT2D eigenvalue weighted by atomic mass is 9.98. The van der Waals surface area contributed by atoms with Crippen molar-refractivity contribution in [3.8, 4) is 0 Å². The van der Waals surface area contributed by atoms with E-state index in [9.17, 15) is 5.11 Å². The number of aromatic nitrogens is 1. The minimum absolute atomic E-state index is 0.376. The Bertz CT molecular complexity index is 564. The van der Waals surface area contributed by atoms with Gasteiger partial charge in [-0.25, -0.2) is 0 Å². The highest BCUT2D eigenvalue weighted by Gasteiger charge is 2.19. The maximum Gasteiger partial charge on any atom is 0.0632 e. The summed E-state index contributed by atoms with van der Waals surface area (Å²) < 4.78 is 2.21. The Morgan fingerprint density at radius 2 is 2.00 bits per heavy atom. The molecule has 0 bridgehead atoms. The molecular formula is C15H20ClNO. The fourth-order valence-corrected chi connectivity index (χ4v) is 2.67. The Hall–Kier alpha value is -0.990. The van der Waals surface area contributed by atoms with Gasteiger partial charge < -0.3 is 9.67 Å².